The van der Waals surface area contributed by atoms with Crippen molar-refractivity contribution in [3.8, 4) is 0 Å². The molecule has 0 bridgehead atoms. The normalized spacial score (nSPS) is 29.5. The number of nitrogens with one attached hydrogen (secondary N) is 2. The number of hydrogen-bond acceptors (Lipinski definition) is 3. The number of amides is 2. The molecule has 2 aliphatic heterocycles. The number of carbonyl (C=O) groups is 2. The molecular weight excluding hydrogens is 236 g/mol. The predicted molar refractivity (Wildman–Crippen MR) is 68.8 cm³/mol. The number of rotatable bonds is 3. The van der Waals surface area contributed by atoms with Crippen molar-refractivity contribution in [3.63, 3.8) is 0 Å². The van der Waals surface area contributed by atoms with Gasteiger partial charge in [-0.25, -0.2) is 0 Å². The van der Waals surface area contributed by atoms with Gasteiger partial charge in [-0.05, 0) is 25.0 Å². The Kier molecular flexibility index (Phi) is 4.71. The topological polar surface area (TPSA) is 58.2 Å². The summed E-state index contributed by atoms with van der Waals surface area (Å²) in [6, 6.07) is 0. The van der Waals surface area contributed by atoms with Gasteiger partial charge in [0.25, 0.3) is 0 Å². The molecule has 0 aliphatic carbocycles. The molecule has 2 N–H and O–H groups in total. The molecule has 4 nitrogen and oxygen atoms in total. The van der Waals surface area contributed by atoms with Crippen molar-refractivity contribution in [2.75, 3.05) is 18.8 Å². The Balaban J connectivity index is 1.67. The third-order valence-electron chi connectivity index (χ3n) is 3.41. The van der Waals surface area contributed by atoms with Crippen molar-refractivity contribution < 1.29 is 9.59 Å². The molecule has 5 heteroatoms. The summed E-state index contributed by atoms with van der Waals surface area (Å²) in [5, 5.41) is 6.36. The van der Waals surface area contributed by atoms with E-state index in [0.717, 1.165) is 6.54 Å². The average molecular weight is 256 g/mol. The van der Waals surface area contributed by atoms with E-state index >= 15 is 0 Å². The lowest BCUT2D eigenvalue weighted by molar-refractivity contribution is -0.128. The van der Waals surface area contributed by atoms with Gasteiger partial charge in [-0.3, -0.25) is 9.59 Å². The molecule has 2 rings (SSSR count). The monoisotopic (exact) mass is 256 g/mol. The van der Waals surface area contributed by atoms with Crippen LogP contribution in [0.4, 0.5) is 0 Å². The highest BCUT2D eigenvalue weighted by Crippen LogP contribution is 2.24. The highest BCUT2D eigenvalue weighted by Gasteiger charge is 2.25. The summed E-state index contributed by atoms with van der Waals surface area (Å²) in [7, 11) is 0. The Labute approximate surface area is 106 Å². The van der Waals surface area contributed by atoms with Crippen LogP contribution in [0.15, 0.2) is 0 Å². The Morgan fingerprint density at radius 3 is 2.94 bits per heavy atom. The summed E-state index contributed by atoms with van der Waals surface area (Å²) in [6.45, 7) is 1.29. The van der Waals surface area contributed by atoms with E-state index in [4.69, 9.17) is 0 Å². The van der Waals surface area contributed by atoms with Crippen molar-refractivity contribution in [2.45, 2.75) is 37.4 Å². The van der Waals surface area contributed by atoms with Crippen molar-refractivity contribution in [2.24, 2.45) is 5.92 Å². The van der Waals surface area contributed by atoms with Gasteiger partial charge in [0.15, 0.2) is 0 Å². The number of hydrogen-bond donors (Lipinski definition) is 2. The largest absolute Gasteiger partial charge is 0.355 e. The number of carbonyl (C=O) groups excluding carboxylic acids is 2. The molecule has 2 unspecified atom stereocenters. The van der Waals surface area contributed by atoms with Gasteiger partial charge in [0, 0.05) is 24.8 Å². The Bertz CT molecular complexity index is 280. The smallest absolute Gasteiger partial charge is 0.224 e. The van der Waals surface area contributed by atoms with Gasteiger partial charge < -0.3 is 10.6 Å². The molecule has 2 heterocycles. The molecule has 2 fully saturated rings. The summed E-state index contributed by atoms with van der Waals surface area (Å²) in [5.74, 6) is 1.37. The van der Waals surface area contributed by atoms with Gasteiger partial charge >= 0.3 is 0 Å². The number of piperidine rings is 1. The molecule has 0 spiro atoms. The molecule has 0 saturated carbocycles. The molecule has 0 radical (unpaired) electrons. The zero-order valence-electron chi connectivity index (χ0n) is 10.0. The van der Waals surface area contributed by atoms with E-state index in [1.807, 2.05) is 11.8 Å². The van der Waals surface area contributed by atoms with Gasteiger partial charge in [0.1, 0.15) is 0 Å². The Morgan fingerprint density at radius 1 is 1.41 bits per heavy atom. The minimum Gasteiger partial charge on any atom is -0.355 e. The minimum absolute atomic E-state index is 0.0266. The molecule has 17 heavy (non-hydrogen) atoms. The van der Waals surface area contributed by atoms with Crippen molar-refractivity contribution in [3.05, 3.63) is 0 Å². The summed E-state index contributed by atoms with van der Waals surface area (Å²) in [4.78, 5) is 22.9. The van der Waals surface area contributed by atoms with E-state index in [1.54, 1.807) is 0 Å². The maximum Gasteiger partial charge on any atom is 0.224 e. The minimum atomic E-state index is -0.0266. The molecule has 2 amide bonds. The molecule has 2 atom stereocenters. The second-order valence-electron chi connectivity index (χ2n) is 4.77. The van der Waals surface area contributed by atoms with Crippen LogP contribution >= 0.6 is 11.8 Å². The van der Waals surface area contributed by atoms with Gasteiger partial charge in [0.2, 0.25) is 11.8 Å². The lowest BCUT2D eigenvalue weighted by Gasteiger charge is -2.25. The Hall–Kier alpha value is -0.710. The quantitative estimate of drug-likeness (QED) is 0.789. The predicted octanol–water partition coefficient (Wildman–Crippen LogP) is 0.914. The third-order valence-corrected chi connectivity index (χ3v) is 4.81. The SMILES string of the molecule is O=C1CCC(C(=O)NCC2CCCCS2)CN1. The highest BCUT2D eigenvalue weighted by molar-refractivity contribution is 7.99. The Morgan fingerprint density at radius 2 is 2.29 bits per heavy atom. The lowest BCUT2D eigenvalue weighted by Crippen LogP contribution is -2.44. The number of thioether (sulfide) groups is 1. The maximum atomic E-state index is 11.9. The summed E-state index contributed by atoms with van der Waals surface area (Å²) in [5.41, 5.74) is 0. The van der Waals surface area contributed by atoms with E-state index in [9.17, 15) is 9.59 Å². The van der Waals surface area contributed by atoms with Crippen LogP contribution in [0.25, 0.3) is 0 Å². The first-order chi connectivity index (χ1) is 8.25. The summed E-state index contributed by atoms with van der Waals surface area (Å²) in [6.07, 6.45) is 4.98. The van der Waals surface area contributed by atoms with E-state index in [0.29, 0.717) is 24.6 Å². The second kappa shape index (κ2) is 6.28. The van der Waals surface area contributed by atoms with Crippen LogP contribution < -0.4 is 10.6 Å². The fraction of sp³-hybridized carbons (Fsp3) is 0.833. The fourth-order valence-corrected chi connectivity index (χ4v) is 3.52. The summed E-state index contributed by atoms with van der Waals surface area (Å²) >= 11 is 1.97. The molecule has 0 aromatic heterocycles. The van der Waals surface area contributed by atoms with Gasteiger partial charge in [0.05, 0.1) is 5.92 Å². The van der Waals surface area contributed by atoms with E-state index in [1.165, 1.54) is 25.0 Å². The second-order valence-corrected chi connectivity index (χ2v) is 6.18. The zero-order chi connectivity index (χ0) is 12.1. The van der Waals surface area contributed by atoms with E-state index < -0.39 is 0 Å². The van der Waals surface area contributed by atoms with Crippen molar-refractivity contribution >= 4 is 23.6 Å². The van der Waals surface area contributed by atoms with Crippen LogP contribution in [-0.4, -0.2) is 35.9 Å². The molecule has 96 valence electrons. The van der Waals surface area contributed by atoms with Crippen LogP contribution in [0.1, 0.15) is 32.1 Å². The fourth-order valence-electron chi connectivity index (χ4n) is 2.28. The van der Waals surface area contributed by atoms with Crippen molar-refractivity contribution in [1.29, 1.82) is 0 Å². The standard InChI is InChI=1S/C12H20N2O2S/c15-11-5-4-9(7-13-11)12(16)14-8-10-3-1-2-6-17-10/h9-10H,1-8H2,(H,13,15)(H,14,16). The maximum absolute atomic E-state index is 11.9. The average Bonchev–Trinajstić information content (AvgIpc) is 2.38. The first-order valence-electron chi connectivity index (χ1n) is 6.41. The molecule has 0 aromatic carbocycles. The van der Waals surface area contributed by atoms with Crippen LogP contribution in [0.5, 0.6) is 0 Å². The van der Waals surface area contributed by atoms with Gasteiger partial charge in [-0.15, -0.1) is 0 Å². The van der Waals surface area contributed by atoms with E-state index in [2.05, 4.69) is 10.6 Å². The van der Waals surface area contributed by atoms with Gasteiger partial charge in [-0.1, -0.05) is 6.42 Å². The first-order valence-corrected chi connectivity index (χ1v) is 7.46. The van der Waals surface area contributed by atoms with Crippen LogP contribution in [0.2, 0.25) is 0 Å². The van der Waals surface area contributed by atoms with Crippen LogP contribution in [-0.2, 0) is 9.59 Å². The molecule has 2 aliphatic rings. The van der Waals surface area contributed by atoms with Crippen LogP contribution in [0, 0.1) is 5.92 Å². The third kappa shape index (κ3) is 3.91. The summed E-state index contributed by atoms with van der Waals surface area (Å²) < 4.78 is 0. The molecule has 2 saturated heterocycles. The van der Waals surface area contributed by atoms with E-state index in [-0.39, 0.29) is 17.7 Å². The lowest BCUT2D eigenvalue weighted by atomic mass is 9.98. The van der Waals surface area contributed by atoms with Crippen LogP contribution in [0.3, 0.4) is 0 Å². The van der Waals surface area contributed by atoms with Crippen molar-refractivity contribution in [1.82, 2.24) is 10.6 Å². The molecule has 0 aromatic rings. The van der Waals surface area contributed by atoms with Gasteiger partial charge in [-0.2, -0.15) is 11.8 Å². The zero-order valence-corrected chi connectivity index (χ0v) is 10.9. The first kappa shape index (κ1) is 12.7. The highest BCUT2D eigenvalue weighted by atomic mass is 32.2. The molecular formula is C12H20N2O2S.